The summed E-state index contributed by atoms with van der Waals surface area (Å²) in [4.78, 5) is 17.0. The second kappa shape index (κ2) is 6.26. The molecule has 2 aliphatic heterocycles. The summed E-state index contributed by atoms with van der Waals surface area (Å²) in [6, 6.07) is 1.45. The Labute approximate surface area is 136 Å². The number of amides is 1. The molecule has 0 spiro atoms. The van der Waals surface area contributed by atoms with Crippen molar-refractivity contribution in [1.29, 1.82) is 0 Å². The molecule has 1 amide bonds. The largest absolute Gasteiger partial charge is 0.373 e. The van der Waals surface area contributed by atoms with Gasteiger partial charge in [0.15, 0.2) is 0 Å². The van der Waals surface area contributed by atoms with Gasteiger partial charge in [0.25, 0.3) is 5.91 Å². The van der Waals surface area contributed by atoms with Crippen molar-refractivity contribution < 1.29 is 17.9 Å². The fourth-order valence-corrected chi connectivity index (χ4v) is 4.80. The fraction of sp³-hybridized carbons (Fsp3) is 0.667. The Morgan fingerprint density at radius 3 is 2.43 bits per heavy atom. The Morgan fingerprint density at radius 2 is 1.83 bits per heavy atom. The maximum atomic E-state index is 12.8. The Bertz CT molecular complexity index is 669. The molecule has 2 aliphatic rings. The Balaban J connectivity index is 1.79. The summed E-state index contributed by atoms with van der Waals surface area (Å²) < 4.78 is 32.5. The normalized spacial score (nSPS) is 26.6. The number of rotatable bonds is 3. The summed E-state index contributed by atoms with van der Waals surface area (Å²) in [7, 11) is -3.61. The summed E-state index contributed by atoms with van der Waals surface area (Å²) in [6.45, 7) is 5.84. The third-order valence-corrected chi connectivity index (χ3v) is 6.11. The van der Waals surface area contributed by atoms with E-state index in [9.17, 15) is 13.2 Å². The summed E-state index contributed by atoms with van der Waals surface area (Å²) in [5.41, 5.74) is 0.333. The molecule has 0 radical (unpaired) electrons. The monoisotopic (exact) mass is 341 g/mol. The van der Waals surface area contributed by atoms with Crippen LogP contribution in [0.15, 0.2) is 17.2 Å². The van der Waals surface area contributed by atoms with Gasteiger partial charge in [-0.05, 0) is 32.8 Å². The van der Waals surface area contributed by atoms with Crippen LogP contribution in [0.5, 0.6) is 0 Å². The molecule has 2 fully saturated rings. The molecule has 0 saturated carbocycles. The molecular weight excluding hydrogens is 318 g/mol. The zero-order chi connectivity index (χ0) is 16.6. The van der Waals surface area contributed by atoms with Gasteiger partial charge in [0, 0.05) is 32.4 Å². The van der Waals surface area contributed by atoms with E-state index in [-0.39, 0.29) is 23.0 Å². The molecule has 1 N–H and O–H groups in total. The van der Waals surface area contributed by atoms with Crippen LogP contribution in [-0.4, -0.2) is 66.9 Å². The Kier molecular flexibility index (Phi) is 4.48. The first kappa shape index (κ1) is 16.5. The molecule has 0 aromatic carbocycles. The van der Waals surface area contributed by atoms with E-state index < -0.39 is 10.0 Å². The highest BCUT2D eigenvalue weighted by molar-refractivity contribution is 7.89. The summed E-state index contributed by atoms with van der Waals surface area (Å²) in [5, 5.41) is 0. The average molecular weight is 341 g/mol. The van der Waals surface area contributed by atoms with Crippen LogP contribution in [0, 0.1) is 0 Å². The van der Waals surface area contributed by atoms with Crippen molar-refractivity contribution in [2.24, 2.45) is 0 Å². The molecule has 7 nitrogen and oxygen atoms in total. The first-order chi connectivity index (χ1) is 10.9. The van der Waals surface area contributed by atoms with Gasteiger partial charge in [-0.25, -0.2) is 8.42 Å². The van der Waals surface area contributed by atoms with Gasteiger partial charge in [-0.1, -0.05) is 0 Å². The van der Waals surface area contributed by atoms with Crippen LogP contribution in [0.4, 0.5) is 0 Å². The number of aromatic amines is 1. The van der Waals surface area contributed by atoms with Crippen LogP contribution >= 0.6 is 0 Å². The lowest BCUT2D eigenvalue weighted by Crippen LogP contribution is -2.48. The number of hydrogen-bond donors (Lipinski definition) is 1. The van der Waals surface area contributed by atoms with Crippen molar-refractivity contribution in [2.75, 3.05) is 26.2 Å². The maximum Gasteiger partial charge on any atom is 0.270 e. The molecule has 0 bridgehead atoms. The lowest BCUT2D eigenvalue weighted by atomic mass is 10.3. The van der Waals surface area contributed by atoms with Gasteiger partial charge >= 0.3 is 0 Å². The number of hydrogen-bond acceptors (Lipinski definition) is 4. The summed E-state index contributed by atoms with van der Waals surface area (Å²) in [5.74, 6) is -0.132. The zero-order valence-corrected chi connectivity index (χ0v) is 14.3. The molecule has 128 valence electrons. The molecule has 0 aliphatic carbocycles. The van der Waals surface area contributed by atoms with Crippen molar-refractivity contribution >= 4 is 15.9 Å². The number of nitrogens with zero attached hydrogens (tertiary/aromatic N) is 2. The fourth-order valence-electron chi connectivity index (χ4n) is 3.21. The molecule has 1 aromatic rings. The number of morpholine rings is 1. The highest BCUT2D eigenvalue weighted by Crippen LogP contribution is 2.22. The zero-order valence-electron chi connectivity index (χ0n) is 13.5. The van der Waals surface area contributed by atoms with Gasteiger partial charge in [-0.15, -0.1) is 0 Å². The number of carbonyl (C=O) groups excluding carboxylic acids is 1. The van der Waals surface area contributed by atoms with E-state index in [1.54, 1.807) is 4.90 Å². The number of likely N-dealkylation sites (tertiary alicyclic amines) is 1. The molecule has 3 rings (SSSR count). The van der Waals surface area contributed by atoms with Crippen LogP contribution in [0.1, 0.15) is 37.2 Å². The van der Waals surface area contributed by atoms with Crippen molar-refractivity contribution in [2.45, 2.75) is 43.8 Å². The molecule has 3 heterocycles. The molecule has 1 aromatic heterocycles. The molecule has 2 unspecified atom stereocenters. The lowest BCUT2D eigenvalue weighted by molar-refractivity contribution is -0.0440. The smallest absolute Gasteiger partial charge is 0.270 e. The SMILES string of the molecule is CC1CN(S(=O)(=O)c2c[nH]c(C(=O)N3CCCC3)c2)CC(C)O1. The van der Waals surface area contributed by atoms with Crippen molar-refractivity contribution in [3.05, 3.63) is 18.0 Å². The third-order valence-electron chi connectivity index (χ3n) is 4.30. The van der Waals surface area contributed by atoms with Gasteiger partial charge < -0.3 is 14.6 Å². The minimum atomic E-state index is -3.61. The van der Waals surface area contributed by atoms with Crippen LogP contribution in [0.2, 0.25) is 0 Å². The molecule has 2 saturated heterocycles. The van der Waals surface area contributed by atoms with Crippen LogP contribution in [0.3, 0.4) is 0 Å². The van der Waals surface area contributed by atoms with E-state index >= 15 is 0 Å². The van der Waals surface area contributed by atoms with Crippen LogP contribution in [-0.2, 0) is 14.8 Å². The Morgan fingerprint density at radius 1 is 1.22 bits per heavy atom. The number of nitrogens with one attached hydrogen (secondary N) is 1. The van der Waals surface area contributed by atoms with Gasteiger partial charge in [-0.3, -0.25) is 4.79 Å². The summed E-state index contributed by atoms with van der Waals surface area (Å²) in [6.07, 6.45) is 3.13. The molecule has 2 atom stereocenters. The number of carbonyl (C=O) groups is 1. The second-order valence-electron chi connectivity index (χ2n) is 6.33. The standard InChI is InChI=1S/C15H23N3O4S/c1-11-9-18(10-12(2)22-11)23(20,21)13-7-14(16-8-13)15(19)17-5-3-4-6-17/h7-8,11-12,16H,3-6,9-10H2,1-2H3. The number of aromatic nitrogens is 1. The first-order valence-electron chi connectivity index (χ1n) is 8.01. The molecule has 23 heavy (non-hydrogen) atoms. The van der Waals surface area contributed by atoms with Gasteiger partial charge in [0.05, 0.1) is 12.2 Å². The lowest BCUT2D eigenvalue weighted by Gasteiger charge is -2.34. The number of sulfonamides is 1. The molecule has 8 heteroatoms. The molecular formula is C15H23N3O4S. The minimum absolute atomic E-state index is 0.132. The van der Waals surface area contributed by atoms with Crippen molar-refractivity contribution in [3.63, 3.8) is 0 Å². The van der Waals surface area contributed by atoms with E-state index in [1.807, 2.05) is 13.8 Å². The first-order valence-corrected chi connectivity index (χ1v) is 9.45. The third kappa shape index (κ3) is 3.29. The maximum absolute atomic E-state index is 12.8. The predicted octanol–water partition coefficient (Wildman–Crippen LogP) is 1.05. The number of H-pyrrole nitrogens is 1. The quantitative estimate of drug-likeness (QED) is 0.891. The van der Waals surface area contributed by atoms with Gasteiger partial charge in [0.2, 0.25) is 10.0 Å². The Hall–Kier alpha value is -1.38. The van der Waals surface area contributed by atoms with Crippen LogP contribution in [0.25, 0.3) is 0 Å². The second-order valence-corrected chi connectivity index (χ2v) is 8.27. The van der Waals surface area contributed by atoms with E-state index in [4.69, 9.17) is 4.74 Å². The van der Waals surface area contributed by atoms with E-state index in [2.05, 4.69) is 4.98 Å². The van der Waals surface area contributed by atoms with Crippen molar-refractivity contribution in [3.8, 4) is 0 Å². The van der Waals surface area contributed by atoms with Crippen molar-refractivity contribution in [1.82, 2.24) is 14.2 Å². The highest BCUT2D eigenvalue weighted by atomic mass is 32.2. The minimum Gasteiger partial charge on any atom is -0.373 e. The number of ether oxygens (including phenoxy) is 1. The topological polar surface area (TPSA) is 82.7 Å². The van der Waals surface area contributed by atoms with Crippen LogP contribution < -0.4 is 0 Å². The highest BCUT2D eigenvalue weighted by Gasteiger charge is 2.33. The predicted molar refractivity (Wildman–Crippen MR) is 84.7 cm³/mol. The van der Waals surface area contributed by atoms with Gasteiger partial charge in [-0.2, -0.15) is 4.31 Å². The summed E-state index contributed by atoms with van der Waals surface area (Å²) >= 11 is 0. The van der Waals surface area contributed by atoms with E-state index in [0.29, 0.717) is 18.8 Å². The average Bonchev–Trinajstić information content (AvgIpc) is 3.17. The van der Waals surface area contributed by atoms with E-state index in [1.165, 1.54) is 16.6 Å². The van der Waals surface area contributed by atoms with Gasteiger partial charge in [0.1, 0.15) is 10.6 Å². The van der Waals surface area contributed by atoms with E-state index in [0.717, 1.165) is 25.9 Å².